The summed E-state index contributed by atoms with van der Waals surface area (Å²) in [5, 5.41) is 8.10. The highest BCUT2D eigenvalue weighted by Gasteiger charge is 2.38. The number of nitrogens with one attached hydrogen (secondary N) is 2. The van der Waals surface area contributed by atoms with E-state index < -0.39 is 0 Å². The lowest BCUT2D eigenvalue weighted by Crippen LogP contribution is -2.29. The molecular weight excluding hydrogens is 450 g/mol. The minimum atomic E-state index is -0.293. The third-order valence-electron chi connectivity index (χ3n) is 7.06. The number of hydrogen-bond donors (Lipinski definition) is 2. The number of methoxy groups -OCH3 is 1. The molecule has 6 heteroatoms. The maximum absolute atomic E-state index is 12.3. The molecule has 3 aromatic rings. The molecule has 36 heavy (non-hydrogen) atoms. The molecule has 2 N–H and O–H groups in total. The van der Waals surface area contributed by atoms with E-state index in [1.165, 1.54) is 11.1 Å². The number of hydrogen-bond acceptors (Lipinski definition) is 5. The van der Waals surface area contributed by atoms with Gasteiger partial charge >= 0.3 is 0 Å². The summed E-state index contributed by atoms with van der Waals surface area (Å²) in [6, 6.07) is 22.5. The number of allylic oxidation sites excluding steroid dienone is 2. The molecule has 0 unspecified atom stereocenters. The summed E-state index contributed by atoms with van der Waals surface area (Å²) < 4.78 is 10.9. The maximum Gasteiger partial charge on any atom is 0.277 e. The molecule has 0 radical (unpaired) electrons. The topological polar surface area (TPSA) is 72.0 Å². The Labute approximate surface area is 212 Å². The highest BCUT2D eigenvalue weighted by Crippen LogP contribution is 2.50. The van der Waals surface area contributed by atoms with E-state index in [2.05, 4.69) is 52.3 Å². The molecule has 1 amide bonds. The first-order valence-electron chi connectivity index (χ1n) is 12.3. The van der Waals surface area contributed by atoms with E-state index in [9.17, 15) is 4.79 Å². The number of carbonyl (C=O) groups excluding carboxylic acids is 1. The number of fused-ring (bicyclic) bond motifs is 3. The van der Waals surface area contributed by atoms with Crippen molar-refractivity contribution >= 4 is 17.3 Å². The van der Waals surface area contributed by atoms with Gasteiger partial charge in [0.25, 0.3) is 5.91 Å². The van der Waals surface area contributed by atoms with Crippen molar-refractivity contribution in [1.29, 1.82) is 0 Å². The van der Waals surface area contributed by atoms with Crippen molar-refractivity contribution in [1.82, 2.24) is 5.43 Å². The van der Waals surface area contributed by atoms with Crippen molar-refractivity contribution in [3.05, 3.63) is 101 Å². The molecule has 0 aromatic heterocycles. The van der Waals surface area contributed by atoms with Crippen LogP contribution in [-0.2, 0) is 4.79 Å². The van der Waals surface area contributed by atoms with E-state index in [4.69, 9.17) is 9.47 Å². The fourth-order valence-corrected chi connectivity index (χ4v) is 5.07. The minimum Gasteiger partial charge on any atom is -0.497 e. The van der Waals surface area contributed by atoms with Crippen LogP contribution in [0.25, 0.3) is 0 Å². The van der Waals surface area contributed by atoms with Crippen LogP contribution in [0.1, 0.15) is 47.6 Å². The van der Waals surface area contributed by atoms with Crippen molar-refractivity contribution in [3.8, 4) is 11.5 Å². The molecule has 2 aliphatic rings. The Morgan fingerprint density at radius 1 is 1.11 bits per heavy atom. The minimum absolute atomic E-state index is 0.0863. The van der Waals surface area contributed by atoms with E-state index in [1.54, 1.807) is 7.11 Å². The molecule has 184 valence electrons. The lowest BCUT2D eigenvalue weighted by Gasteiger charge is -2.37. The monoisotopic (exact) mass is 481 g/mol. The van der Waals surface area contributed by atoms with Gasteiger partial charge in [-0.2, -0.15) is 5.10 Å². The smallest absolute Gasteiger partial charge is 0.277 e. The van der Waals surface area contributed by atoms with Crippen LogP contribution >= 0.6 is 0 Å². The molecule has 0 saturated heterocycles. The number of hydrazone groups is 1. The molecule has 0 spiro atoms. The number of aryl methyl sites for hydroxylation is 1. The largest absolute Gasteiger partial charge is 0.497 e. The Morgan fingerprint density at radius 2 is 1.92 bits per heavy atom. The van der Waals surface area contributed by atoms with Crippen LogP contribution in [0.3, 0.4) is 0 Å². The lowest BCUT2D eigenvalue weighted by molar-refractivity contribution is -0.123. The second kappa shape index (κ2) is 10.3. The van der Waals surface area contributed by atoms with E-state index in [0.717, 1.165) is 34.7 Å². The molecular formula is C30H31N3O3. The SMILES string of the molecule is COc1ccc([C@@H]2Nc3ccc(/C(C)=N\NC(=O)COc4ccccc4C)cc3[C@@H]3C=CC[C@@H]32)cc1. The van der Waals surface area contributed by atoms with Crippen LogP contribution in [-0.4, -0.2) is 25.3 Å². The van der Waals surface area contributed by atoms with Crippen molar-refractivity contribution in [2.24, 2.45) is 11.0 Å². The molecule has 1 aliphatic carbocycles. The van der Waals surface area contributed by atoms with Crippen LogP contribution in [0, 0.1) is 12.8 Å². The third-order valence-corrected chi connectivity index (χ3v) is 7.06. The fourth-order valence-electron chi connectivity index (χ4n) is 5.07. The molecule has 1 heterocycles. The molecule has 0 fully saturated rings. The Balaban J connectivity index is 1.29. The summed E-state index contributed by atoms with van der Waals surface area (Å²) in [6.45, 7) is 3.77. The maximum atomic E-state index is 12.3. The summed E-state index contributed by atoms with van der Waals surface area (Å²) in [7, 11) is 1.69. The third kappa shape index (κ3) is 4.85. The van der Waals surface area contributed by atoms with E-state index in [1.807, 2.05) is 56.3 Å². The zero-order valence-corrected chi connectivity index (χ0v) is 20.8. The Morgan fingerprint density at radius 3 is 2.69 bits per heavy atom. The van der Waals surface area contributed by atoms with Crippen molar-refractivity contribution in [2.75, 3.05) is 19.0 Å². The number of para-hydroxylation sites is 1. The zero-order chi connectivity index (χ0) is 25.1. The number of anilines is 1. The number of rotatable bonds is 7. The summed E-state index contributed by atoms with van der Waals surface area (Å²) >= 11 is 0. The number of carbonyl (C=O) groups is 1. The molecule has 6 nitrogen and oxygen atoms in total. The van der Waals surface area contributed by atoms with Gasteiger partial charge in [-0.05, 0) is 78.8 Å². The van der Waals surface area contributed by atoms with Crippen LogP contribution < -0.4 is 20.2 Å². The van der Waals surface area contributed by atoms with Gasteiger partial charge < -0.3 is 14.8 Å². The van der Waals surface area contributed by atoms with Gasteiger partial charge in [-0.1, -0.05) is 48.6 Å². The van der Waals surface area contributed by atoms with Gasteiger partial charge in [0.15, 0.2) is 6.61 Å². The Kier molecular flexibility index (Phi) is 6.76. The Bertz CT molecular complexity index is 1310. The highest BCUT2D eigenvalue weighted by atomic mass is 16.5. The van der Waals surface area contributed by atoms with E-state index in [-0.39, 0.29) is 18.6 Å². The molecule has 3 aromatic carbocycles. The summed E-state index contributed by atoms with van der Waals surface area (Å²) in [5.41, 5.74) is 9.00. The second-order valence-corrected chi connectivity index (χ2v) is 9.34. The van der Waals surface area contributed by atoms with Gasteiger partial charge in [0.2, 0.25) is 0 Å². The zero-order valence-electron chi connectivity index (χ0n) is 20.8. The summed E-state index contributed by atoms with van der Waals surface area (Å²) in [6.07, 6.45) is 5.63. The average molecular weight is 482 g/mol. The van der Waals surface area contributed by atoms with Crippen molar-refractivity contribution in [2.45, 2.75) is 32.2 Å². The standard InChI is InChI=1S/C30H31N3O3/c1-19-7-4-5-10-28(19)36-18-29(34)33-32-20(2)22-13-16-27-26(17-22)24-8-6-9-25(24)30(31-27)21-11-14-23(35-3)15-12-21/h4-8,10-17,24-25,30-31H,9,18H2,1-3H3,(H,33,34)/b32-20-/t24-,25+,30+/m1/s1. The fraction of sp³-hybridized carbons (Fsp3) is 0.267. The number of ether oxygens (including phenoxy) is 2. The molecule has 3 atom stereocenters. The van der Waals surface area contributed by atoms with Gasteiger partial charge in [0.1, 0.15) is 11.5 Å². The van der Waals surface area contributed by atoms with Crippen LogP contribution in [0.5, 0.6) is 11.5 Å². The normalized spacial score (nSPS) is 20.2. The average Bonchev–Trinajstić information content (AvgIpc) is 3.41. The first-order valence-corrected chi connectivity index (χ1v) is 12.3. The van der Waals surface area contributed by atoms with Gasteiger partial charge in [0.05, 0.1) is 18.9 Å². The van der Waals surface area contributed by atoms with Gasteiger partial charge in [0, 0.05) is 11.6 Å². The second-order valence-electron chi connectivity index (χ2n) is 9.34. The van der Waals surface area contributed by atoms with Crippen LogP contribution in [0.2, 0.25) is 0 Å². The molecule has 5 rings (SSSR count). The van der Waals surface area contributed by atoms with Crippen LogP contribution in [0.4, 0.5) is 5.69 Å². The van der Waals surface area contributed by atoms with Crippen molar-refractivity contribution in [3.63, 3.8) is 0 Å². The molecule has 0 bridgehead atoms. The predicted molar refractivity (Wildman–Crippen MR) is 143 cm³/mol. The quantitative estimate of drug-likeness (QED) is 0.256. The van der Waals surface area contributed by atoms with Crippen LogP contribution in [0.15, 0.2) is 84.0 Å². The summed E-state index contributed by atoms with van der Waals surface area (Å²) in [5.74, 6) is 2.04. The van der Waals surface area contributed by atoms with Gasteiger partial charge in [-0.15, -0.1) is 0 Å². The Hall–Kier alpha value is -4.06. The summed E-state index contributed by atoms with van der Waals surface area (Å²) in [4.78, 5) is 12.3. The first-order chi connectivity index (χ1) is 17.5. The predicted octanol–water partition coefficient (Wildman–Crippen LogP) is 5.75. The van der Waals surface area contributed by atoms with Crippen molar-refractivity contribution < 1.29 is 14.3 Å². The molecule has 1 aliphatic heterocycles. The lowest BCUT2D eigenvalue weighted by atomic mass is 9.76. The van der Waals surface area contributed by atoms with E-state index in [0.29, 0.717) is 17.6 Å². The number of benzene rings is 3. The number of nitrogens with zero attached hydrogens (tertiary/aromatic N) is 1. The van der Waals surface area contributed by atoms with Gasteiger partial charge in [-0.3, -0.25) is 4.79 Å². The first kappa shape index (κ1) is 23.7. The molecule has 0 saturated carbocycles. The van der Waals surface area contributed by atoms with Gasteiger partial charge in [-0.25, -0.2) is 5.43 Å². The number of amides is 1. The highest BCUT2D eigenvalue weighted by molar-refractivity contribution is 6.00. The van der Waals surface area contributed by atoms with E-state index >= 15 is 0 Å².